The fraction of sp³-hybridized carbons (Fsp3) is 0.400. The average Bonchev–Trinajstić information content (AvgIpc) is 2.54. The number of carbonyl (C=O) groups is 3. The summed E-state index contributed by atoms with van der Waals surface area (Å²) in [4.78, 5) is 35.1. The van der Waals surface area contributed by atoms with Gasteiger partial charge in [0, 0.05) is 5.69 Å². The number of rotatable bonds is 8. The third kappa shape index (κ3) is 7.18. The van der Waals surface area contributed by atoms with Crippen LogP contribution in [0, 0.1) is 5.82 Å². The number of benzene rings is 1. The highest BCUT2D eigenvalue weighted by Crippen LogP contribution is 2.19. The molecule has 0 aliphatic rings. The second-order valence-electron chi connectivity index (χ2n) is 5.04. The van der Waals surface area contributed by atoms with E-state index in [0.29, 0.717) is 12.2 Å². The van der Waals surface area contributed by atoms with Crippen LogP contribution >= 0.6 is 23.4 Å². The molecule has 7 nitrogen and oxygen atoms in total. The van der Waals surface area contributed by atoms with Gasteiger partial charge in [0.15, 0.2) is 6.10 Å². The average molecular weight is 392 g/mol. The number of anilines is 1. The molecule has 0 saturated heterocycles. The van der Waals surface area contributed by atoms with Gasteiger partial charge in [0.05, 0.1) is 5.02 Å². The zero-order valence-corrected chi connectivity index (χ0v) is 15.2. The second-order valence-corrected chi connectivity index (χ2v) is 6.43. The number of nitrogens with two attached hydrogens (primary N) is 1. The molecular formula is C15H19ClFN3O4S. The quantitative estimate of drug-likeness (QED) is 0.588. The molecule has 10 heteroatoms. The SMILES string of the molecule is CSCC[C@H](NC(N)=O)C(=O)O[C@H](C)C(=O)Nc1ccc(F)c(Cl)c1. The van der Waals surface area contributed by atoms with Crippen LogP contribution in [0.15, 0.2) is 18.2 Å². The molecule has 0 aliphatic heterocycles. The number of primary amides is 1. The summed E-state index contributed by atoms with van der Waals surface area (Å²) in [6, 6.07) is 1.86. The molecule has 0 radical (unpaired) electrons. The highest BCUT2D eigenvalue weighted by atomic mass is 35.5. The Kier molecular flexibility index (Phi) is 8.50. The van der Waals surface area contributed by atoms with Crippen LogP contribution in [-0.4, -0.2) is 42.1 Å². The minimum atomic E-state index is -1.14. The van der Waals surface area contributed by atoms with Crippen LogP contribution in [0.4, 0.5) is 14.9 Å². The van der Waals surface area contributed by atoms with Gasteiger partial charge in [-0.1, -0.05) is 11.6 Å². The maximum Gasteiger partial charge on any atom is 0.329 e. The molecule has 0 aromatic heterocycles. The van der Waals surface area contributed by atoms with E-state index in [4.69, 9.17) is 22.1 Å². The van der Waals surface area contributed by atoms with E-state index in [2.05, 4.69) is 10.6 Å². The molecule has 1 aromatic carbocycles. The lowest BCUT2D eigenvalue weighted by Gasteiger charge is -2.19. The fourth-order valence-corrected chi connectivity index (χ4v) is 2.44. The molecule has 0 heterocycles. The Bertz CT molecular complexity index is 647. The number of urea groups is 1. The fourth-order valence-electron chi connectivity index (χ4n) is 1.78. The molecule has 0 bridgehead atoms. The van der Waals surface area contributed by atoms with Crippen LogP contribution in [0.3, 0.4) is 0 Å². The lowest BCUT2D eigenvalue weighted by Crippen LogP contribution is -2.46. The third-order valence-electron chi connectivity index (χ3n) is 3.06. The number of halogens is 2. The van der Waals surface area contributed by atoms with Crippen LogP contribution in [0.25, 0.3) is 0 Å². The Morgan fingerprint density at radius 1 is 1.40 bits per heavy atom. The summed E-state index contributed by atoms with van der Waals surface area (Å²) in [5, 5.41) is 4.59. The van der Waals surface area contributed by atoms with Crippen molar-refractivity contribution in [3.8, 4) is 0 Å². The van der Waals surface area contributed by atoms with Crippen LogP contribution in [0.5, 0.6) is 0 Å². The number of ether oxygens (including phenoxy) is 1. The first-order chi connectivity index (χ1) is 11.7. The minimum Gasteiger partial charge on any atom is -0.451 e. The number of esters is 1. The second kappa shape index (κ2) is 10.1. The van der Waals surface area contributed by atoms with Crippen molar-refractivity contribution in [2.75, 3.05) is 17.3 Å². The predicted octanol–water partition coefficient (Wildman–Crippen LogP) is 2.14. The molecule has 3 amide bonds. The highest BCUT2D eigenvalue weighted by molar-refractivity contribution is 7.98. The first kappa shape index (κ1) is 21.0. The van der Waals surface area contributed by atoms with E-state index in [1.807, 2.05) is 6.26 Å². The van der Waals surface area contributed by atoms with Gasteiger partial charge in [0.2, 0.25) is 0 Å². The van der Waals surface area contributed by atoms with E-state index in [1.165, 1.54) is 30.8 Å². The van der Waals surface area contributed by atoms with Gasteiger partial charge in [0.1, 0.15) is 11.9 Å². The number of amides is 3. The summed E-state index contributed by atoms with van der Waals surface area (Å²) in [6.45, 7) is 1.37. The van der Waals surface area contributed by atoms with Gasteiger partial charge in [-0.3, -0.25) is 4.79 Å². The van der Waals surface area contributed by atoms with Gasteiger partial charge in [-0.2, -0.15) is 11.8 Å². The van der Waals surface area contributed by atoms with Crippen LogP contribution in [-0.2, 0) is 14.3 Å². The van der Waals surface area contributed by atoms with E-state index < -0.39 is 35.9 Å². The van der Waals surface area contributed by atoms with E-state index in [0.717, 1.165) is 6.07 Å². The van der Waals surface area contributed by atoms with Crippen molar-refractivity contribution in [1.29, 1.82) is 0 Å². The normalized spacial score (nSPS) is 12.8. The van der Waals surface area contributed by atoms with Gasteiger partial charge in [0.25, 0.3) is 5.91 Å². The highest BCUT2D eigenvalue weighted by Gasteiger charge is 2.25. The third-order valence-corrected chi connectivity index (χ3v) is 3.99. The Morgan fingerprint density at radius 3 is 2.64 bits per heavy atom. The molecule has 4 N–H and O–H groups in total. The Labute approximate surface area is 153 Å². The van der Waals surface area contributed by atoms with Gasteiger partial charge < -0.3 is 21.1 Å². The summed E-state index contributed by atoms with van der Waals surface area (Å²) in [5.41, 5.74) is 5.29. The standard InChI is InChI=1S/C15H19ClFN3O4S/c1-8(13(21)19-9-3-4-11(17)10(16)7-9)24-14(22)12(5-6-25-2)20-15(18)23/h3-4,7-8,12H,5-6H2,1-2H3,(H,19,21)(H3,18,20,23)/t8-,12+/m1/s1. The topological polar surface area (TPSA) is 111 Å². The molecule has 0 fully saturated rings. The number of nitrogens with one attached hydrogen (secondary N) is 2. The number of hydrogen-bond donors (Lipinski definition) is 3. The lowest BCUT2D eigenvalue weighted by molar-refractivity contribution is -0.155. The molecule has 25 heavy (non-hydrogen) atoms. The summed E-state index contributed by atoms with van der Waals surface area (Å²) in [6.07, 6.45) is 1.02. The van der Waals surface area contributed by atoms with Crippen molar-refractivity contribution in [2.24, 2.45) is 5.73 Å². The monoisotopic (exact) mass is 391 g/mol. The minimum absolute atomic E-state index is 0.148. The number of carbonyl (C=O) groups excluding carboxylic acids is 3. The summed E-state index contributed by atoms with van der Waals surface area (Å²) in [7, 11) is 0. The Balaban J connectivity index is 2.65. The zero-order valence-electron chi connectivity index (χ0n) is 13.7. The van der Waals surface area contributed by atoms with Crippen LogP contribution < -0.4 is 16.4 Å². The van der Waals surface area contributed by atoms with Gasteiger partial charge in [-0.05, 0) is 43.6 Å². The largest absolute Gasteiger partial charge is 0.451 e. The van der Waals surface area contributed by atoms with Gasteiger partial charge >= 0.3 is 12.0 Å². The maximum absolute atomic E-state index is 13.1. The first-order valence-corrected chi connectivity index (χ1v) is 9.03. The maximum atomic E-state index is 13.1. The smallest absolute Gasteiger partial charge is 0.329 e. The van der Waals surface area contributed by atoms with Crippen LogP contribution in [0.1, 0.15) is 13.3 Å². The summed E-state index contributed by atoms with van der Waals surface area (Å²) in [5.74, 6) is -1.42. The van der Waals surface area contributed by atoms with Crippen molar-refractivity contribution < 1.29 is 23.5 Å². The van der Waals surface area contributed by atoms with E-state index in [9.17, 15) is 18.8 Å². The summed E-state index contributed by atoms with van der Waals surface area (Å²) < 4.78 is 18.2. The molecule has 0 spiro atoms. The molecule has 1 aromatic rings. The molecular weight excluding hydrogens is 373 g/mol. The van der Waals surface area contributed by atoms with Crippen molar-refractivity contribution in [3.63, 3.8) is 0 Å². The Morgan fingerprint density at radius 2 is 2.08 bits per heavy atom. The van der Waals surface area contributed by atoms with E-state index in [-0.39, 0.29) is 10.7 Å². The number of hydrogen-bond acceptors (Lipinski definition) is 5. The summed E-state index contributed by atoms with van der Waals surface area (Å²) >= 11 is 7.12. The van der Waals surface area contributed by atoms with E-state index >= 15 is 0 Å². The van der Waals surface area contributed by atoms with Gasteiger partial charge in [-0.25, -0.2) is 14.0 Å². The Hall–Kier alpha value is -2.00. The molecule has 138 valence electrons. The number of thioether (sulfide) groups is 1. The lowest BCUT2D eigenvalue weighted by atomic mass is 10.2. The molecule has 0 aliphatic carbocycles. The zero-order chi connectivity index (χ0) is 19.0. The molecule has 0 saturated carbocycles. The molecule has 0 unspecified atom stereocenters. The van der Waals surface area contributed by atoms with Crippen molar-refractivity contribution in [3.05, 3.63) is 29.0 Å². The molecule has 2 atom stereocenters. The van der Waals surface area contributed by atoms with Gasteiger partial charge in [-0.15, -0.1) is 0 Å². The molecule has 1 rings (SSSR count). The van der Waals surface area contributed by atoms with Crippen molar-refractivity contribution in [2.45, 2.75) is 25.5 Å². The van der Waals surface area contributed by atoms with Crippen molar-refractivity contribution >= 4 is 47.0 Å². The predicted molar refractivity (Wildman–Crippen MR) is 95.1 cm³/mol. The van der Waals surface area contributed by atoms with Crippen molar-refractivity contribution in [1.82, 2.24) is 5.32 Å². The van der Waals surface area contributed by atoms with Crippen LogP contribution in [0.2, 0.25) is 5.02 Å². The van der Waals surface area contributed by atoms with E-state index in [1.54, 1.807) is 0 Å². The first-order valence-electron chi connectivity index (χ1n) is 7.26.